The Kier molecular flexibility index (Phi) is 6.78. The van der Waals surface area contributed by atoms with E-state index in [-0.39, 0.29) is 24.1 Å². The van der Waals surface area contributed by atoms with Gasteiger partial charge in [0, 0.05) is 19.9 Å². The van der Waals surface area contributed by atoms with Crippen LogP contribution in [0.5, 0.6) is 0 Å². The highest BCUT2D eigenvalue weighted by Crippen LogP contribution is 2.42. The molecule has 2 atom stereocenters. The van der Waals surface area contributed by atoms with Gasteiger partial charge < -0.3 is 9.26 Å². The lowest BCUT2D eigenvalue weighted by Crippen LogP contribution is -2.33. The highest BCUT2D eigenvalue weighted by molar-refractivity contribution is 7.92. The Morgan fingerprint density at radius 3 is 2.36 bits per heavy atom. The SMILES string of the molecule is CCOC(=O)C(CCP(C)(=O)OC)S(=O)(=O)c1ccccc1. The third-order valence-electron chi connectivity index (χ3n) is 3.18. The van der Waals surface area contributed by atoms with Crippen molar-refractivity contribution in [1.29, 1.82) is 0 Å². The van der Waals surface area contributed by atoms with Gasteiger partial charge >= 0.3 is 5.97 Å². The lowest BCUT2D eigenvalue weighted by molar-refractivity contribution is -0.142. The van der Waals surface area contributed by atoms with Crippen LogP contribution in [0.4, 0.5) is 0 Å². The fourth-order valence-corrected chi connectivity index (χ4v) is 4.55. The molecule has 22 heavy (non-hydrogen) atoms. The number of hydrogen-bond donors (Lipinski definition) is 0. The van der Waals surface area contributed by atoms with E-state index < -0.39 is 28.4 Å². The van der Waals surface area contributed by atoms with Crippen LogP contribution in [0, 0.1) is 0 Å². The molecule has 0 spiro atoms. The first kappa shape index (κ1) is 18.9. The monoisotopic (exact) mass is 348 g/mol. The Morgan fingerprint density at radius 1 is 1.27 bits per heavy atom. The summed E-state index contributed by atoms with van der Waals surface area (Å²) in [4.78, 5) is 12.1. The molecule has 0 aromatic heterocycles. The Bertz CT molecular complexity index is 641. The first-order valence-corrected chi connectivity index (χ1v) is 10.6. The molecule has 0 N–H and O–H groups in total. The van der Waals surface area contributed by atoms with Gasteiger partial charge in [0.1, 0.15) is 0 Å². The van der Waals surface area contributed by atoms with Crippen molar-refractivity contribution < 1.29 is 27.0 Å². The summed E-state index contributed by atoms with van der Waals surface area (Å²) in [6.07, 6.45) is -0.128. The van der Waals surface area contributed by atoms with Gasteiger partial charge in [-0.25, -0.2) is 8.42 Å². The highest BCUT2D eigenvalue weighted by atomic mass is 32.2. The average Bonchev–Trinajstić information content (AvgIpc) is 2.48. The number of ether oxygens (including phenoxy) is 1. The molecule has 0 saturated carbocycles. The van der Waals surface area contributed by atoms with E-state index in [1.807, 2.05) is 0 Å². The second kappa shape index (κ2) is 7.90. The average molecular weight is 348 g/mol. The lowest BCUT2D eigenvalue weighted by atomic mass is 10.3. The number of carbonyl (C=O) groups excluding carboxylic acids is 1. The molecule has 0 amide bonds. The molecule has 0 aliphatic carbocycles. The summed E-state index contributed by atoms with van der Waals surface area (Å²) >= 11 is 0. The molecule has 0 saturated heterocycles. The Morgan fingerprint density at radius 2 is 1.86 bits per heavy atom. The fourth-order valence-electron chi connectivity index (χ4n) is 1.85. The summed E-state index contributed by atoms with van der Waals surface area (Å²) in [5.74, 6) is -0.831. The Hall–Kier alpha value is -1.17. The smallest absolute Gasteiger partial charge is 0.324 e. The van der Waals surface area contributed by atoms with Gasteiger partial charge in [-0.1, -0.05) is 18.2 Å². The van der Waals surface area contributed by atoms with Crippen LogP contribution in [0.25, 0.3) is 0 Å². The third kappa shape index (κ3) is 4.93. The molecule has 0 radical (unpaired) electrons. The van der Waals surface area contributed by atoms with Crippen molar-refractivity contribution in [1.82, 2.24) is 0 Å². The van der Waals surface area contributed by atoms with Crippen molar-refractivity contribution in [3.8, 4) is 0 Å². The molecule has 1 rings (SSSR count). The topological polar surface area (TPSA) is 86.7 Å². The molecule has 0 bridgehead atoms. The fraction of sp³-hybridized carbons (Fsp3) is 0.500. The number of sulfone groups is 1. The van der Waals surface area contributed by atoms with Crippen LogP contribution in [-0.4, -0.2) is 46.2 Å². The minimum atomic E-state index is -3.90. The van der Waals surface area contributed by atoms with Gasteiger partial charge in [-0.2, -0.15) is 0 Å². The molecule has 0 heterocycles. The first-order valence-electron chi connectivity index (χ1n) is 6.82. The minimum Gasteiger partial charge on any atom is -0.465 e. The third-order valence-corrected chi connectivity index (χ3v) is 7.13. The van der Waals surface area contributed by atoms with Crippen molar-refractivity contribution in [2.75, 3.05) is 26.5 Å². The molecule has 0 aliphatic rings. The summed E-state index contributed by atoms with van der Waals surface area (Å²) in [6, 6.07) is 7.68. The maximum Gasteiger partial charge on any atom is 0.324 e. The van der Waals surface area contributed by atoms with E-state index in [0.717, 1.165) is 0 Å². The van der Waals surface area contributed by atoms with Gasteiger partial charge in [-0.15, -0.1) is 0 Å². The maximum atomic E-state index is 12.6. The summed E-state index contributed by atoms with van der Waals surface area (Å²) < 4.78 is 46.9. The zero-order valence-electron chi connectivity index (χ0n) is 12.9. The van der Waals surface area contributed by atoms with Gasteiger partial charge in [-0.3, -0.25) is 9.36 Å². The Labute approximate surface area is 131 Å². The van der Waals surface area contributed by atoms with Crippen LogP contribution < -0.4 is 0 Å². The largest absolute Gasteiger partial charge is 0.465 e. The number of carbonyl (C=O) groups is 1. The number of benzene rings is 1. The van der Waals surface area contributed by atoms with E-state index in [1.165, 1.54) is 25.9 Å². The second-order valence-electron chi connectivity index (χ2n) is 4.81. The molecule has 124 valence electrons. The van der Waals surface area contributed by atoms with Crippen molar-refractivity contribution in [2.24, 2.45) is 0 Å². The second-order valence-corrected chi connectivity index (χ2v) is 9.78. The van der Waals surface area contributed by atoms with E-state index in [4.69, 9.17) is 9.26 Å². The van der Waals surface area contributed by atoms with Crippen LogP contribution in [0.2, 0.25) is 0 Å². The standard InChI is InChI=1S/C14H21O6PS/c1-4-20-14(15)13(10-11-21(3,16)19-2)22(17,18)12-8-6-5-7-9-12/h5-9,13H,4,10-11H2,1-3H3. The van der Waals surface area contributed by atoms with Crippen LogP contribution >= 0.6 is 7.37 Å². The number of hydrogen-bond acceptors (Lipinski definition) is 6. The van der Waals surface area contributed by atoms with Crippen LogP contribution in [0.1, 0.15) is 13.3 Å². The summed E-state index contributed by atoms with van der Waals surface area (Å²) in [6.45, 7) is 3.09. The number of rotatable bonds is 8. The van der Waals surface area contributed by atoms with Gasteiger partial charge in [0.15, 0.2) is 22.5 Å². The molecular weight excluding hydrogens is 327 g/mol. The van der Waals surface area contributed by atoms with Crippen LogP contribution in [0.3, 0.4) is 0 Å². The zero-order chi connectivity index (χ0) is 16.8. The van der Waals surface area contributed by atoms with E-state index in [2.05, 4.69) is 0 Å². The lowest BCUT2D eigenvalue weighted by Gasteiger charge is -2.18. The van der Waals surface area contributed by atoms with Crippen molar-refractivity contribution in [3.05, 3.63) is 30.3 Å². The molecule has 1 aromatic carbocycles. The predicted octanol–water partition coefficient (Wildman–Crippen LogP) is 2.34. The Balaban J connectivity index is 3.10. The quantitative estimate of drug-likeness (QED) is 0.529. The van der Waals surface area contributed by atoms with Crippen molar-refractivity contribution in [2.45, 2.75) is 23.5 Å². The molecule has 0 aliphatic heterocycles. The molecule has 2 unspecified atom stereocenters. The summed E-state index contributed by atoms with van der Waals surface area (Å²) in [5.41, 5.74) is 0. The van der Waals surface area contributed by atoms with E-state index in [9.17, 15) is 17.8 Å². The number of esters is 1. The van der Waals surface area contributed by atoms with Crippen molar-refractivity contribution >= 4 is 23.2 Å². The highest BCUT2D eigenvalue weighted by Gasteiger charge is 2.36. The minimum absolute atomic E-state index is 0.0148. The summed E-state index contributed by atoms with van der Waals surface area (Å²) in [7, 11) is -5.53. The molecule has 0 fully saturated rings. The predicted molar refractivity (Wildman–Crippen MR) is 84.1 cm³/mol. The molecule has 8 heteroatoms. The van der Waals surface area contributed by atoms with Crippen LogP contribution in [0.15, 0.2) is 35.2 Å². The molecule has 1 aromatic rings. The molecular formula is C14H21O6PS. The first-order chi connectivity index (χ1) is 10.2. The summed E-state index contributed by atoms with van der Waals surface area (Å²) in [5, 5.41) is -1.39. The van der Waals surface area contributed by atoms with Crippen LogP contribution in [-0.2, 0) is 28.5 Å². The van der Waals surface area contributed by atoms with Gasteiger partial charge in [0.25, 0.3) is 0 Å². The van der Waals surface area contributed by atoms with E-state index in [0.29, 0.717) is 0 Å². The van der Waals surface area contributed by atoms with E-state index in [1.54, 1.807) is 25.1 Å². The van der Waals surface area contributed by atoms with E-state index >= 15 is 0 Å². The zero-order valence-corrected chi connectivity index (χ0v) is 14.6. The van der Waals surface area contributed by atoms with Gasteiger partial charge in [0.05, 0.1) is 11.5 Å². The van der Waals surface area contributed by atoms with Gasteiger partial charge in [0.2, 0.25) is 0 Å². The molecule has 6 nitrogen and oxygen atoms in total. The van der Waals surface area contributed by atoms with Gasteiger partial charge in [-0.05, 0) is 25.5 Å². The maximum absolute atomic E-state index is 12.6. The van der Waals surface area contributed by atoms with Crippen molar-refractivity contribution in [3.63, 3.8) is 0 Å². The normalized spacial score (nSPS) is 15.8.